The second-order valence-corrected chi connectivity index (χ2v) is 4.05. The van der Waals surface area contributed by atoms with Crippen molar-refractivity contribution in [3.8, 4) is 17.0 Å². The van der Waals surface area contributed by atoms with E-state index in [0.717, 1.165) is 16.8 Å². The standard InChI is InChI=1S/C12H15N3O/c1-15(2)7-10-5-9(3-4-12(10)16)11-6-13-8-14-11/h3-6,8,16H,7H2,1-2H3,(H,13,14). The van der Waals surface area contributed by atoms with Crippen LogP contribution in [0.4, 0.5) is 0 Å². The molecule has 0 bridgehead atoms. The SMILES string of the molecule is CN(C)Cc1cc(-c2cnc[nH]2)ccc1O. The van der Waals surface area contributed by atoms with Crippen LogP contribution in [0.3, 0.4) is 0 Å². The summed E-state index contributed by atoms with van der Waals surface area (Å²) in [5.41, 5.74) is 2.91. The lowest BCUT2D eigenvalue weighted by atomic mass is 10.1. The third-order valence-corrected chi connectivity index (χ3v) is 2.38. The van der Waals surface area contributed by atoms with Crippen LogP contribution in [0.25, 0.3) is 11.3 Å². The van der Waals surface area contributed by atoms with E-state index in [2.05, 4.69) is 9.97 Å². The van der Waals surface area contributed by atoms with Crippen LogP contribution in [0.5, 0.6) is 5.75 Å². The molecule has 4 nitrogen and oxygen atoms in total. The summed E-state index contributed by atoms with van der Waals surface area (Å²) in [6, 6.07) is 5.57. The van der Waals surface area contributed by atoms with E-state index in [4.69, 9.17) is 0 Å². The van der Waals surface area contributed by atoms with Crippen molar-refractivity contribution in [2.45, 2.75) is 6.54 Å². The largest absolute Gasteiger partial charge is 0.508 e. The monoisotopic (exact) mass is 217 g/mol. The van der Waals surface area contributed by atoms with Crippen LogP contribution in [0.15, 0.2) is 30.7 Å². The minimum absolute atomic E-state index is 0.331. The molecule has 1 aromatic heterocycles. The molecule has 0 amide bonds. The molecule has 0 spiro atoms. The van der Waals surface area contributed by atoms with E-state index >= 15 is 0 Å². The summed E-state index contributed by atoms with van der Waals surface area (Å²) in [5.74, 6) is 0.331. The summed E-state index contributed by atoms with van der Waals surface area (Å²) in [5, 5.41) is 9.73. The van der Waals surface area contributed by atoms with Gasteiger partial charge in [0, 0.05) is 17.7 Å². The molecular formula is C12H15N3O. The van der Waals surface area contributed by atoms with Gasteiger partial charge in [-0.05, 0) is 32.3 Å². The van der Waals surface area contributed by atoms with Gasteiger partial charge in [0.15, 0.2) is 0 Å². The lowest BCUT2D eigenvalue weighted by Crippen LogP contribution is -2.10. The number of aromatic nitrogens is 2. The summed E-state index contributed by atoms with van der Waals surface area (Å²) in [4.78, 5) is 9.05. The van der Waals surface area contributed by atoms with Crippen molar-refractivity contribution in [3.63, 3.8) is 0 Å². The summed E-state index contributed by atoms with van der Waals surface area (Å²) in [6.45, 7) is 0.716. The Morgan fingerprint density at radius 3 is 2.81 bits per heavy atom. The molecule has 0 aliphatic heterocycles. The molecule has 2 aromatic rings. The summed E-state index contributed by atoms with van der Waals surface area (Å²) < 4.78 is 0. The first kappa shape index (κ1) is 10.7. The highest BCUT2D eigenvalue weighted by Crippen LogP contribution is 2.25. The van der Waals surface area contributed by atoms with Gasteiger partial charge < -0.3 is 15.0 Å². The van der Waals surface area contributed by atoms with Crippen LogP contribution in [0.1, 0.15) is 5.56 Å². The number of H-pyrrole nitrogens is 1. The van der Waals surface area contributed by atoms with Gasteiger partial charge in [0.2, 0.25) is 0 Å². The third kappa shape index (κ3) is 2.23. The Morgan fingerprint density at radius 1 is 1.38 bits per heavy atom. The van der Waals surface area contributed by atoms with Crippen molar-refractivity contribution in [3.05, 3.63) is 36.3 Å². The fourth-order valence-corrected chi connectivity index (χ4v) is 1.63. The van der Waals surface area contributed by atoms with Crippen molar-refractivity contribution in [1.29, 1.82) is 0 Å². The molecular weight excluding hydrogens is 202 g/mol. The zero-order chi connectivity index (χ0) is 11.5. The van der Waals surface area contributed by atoms with Gasteiger partial charge in [-0.1, -0.05) is 0 Å². The topological polar surface area (TPSA) is 52.2 Å². The number of benzene rings is 1. The Kier molecular flexibility index (Phi) is 2.92. The molecule has 2 N–H and O–H groups in total. The number of hydrogen-bond acceptors (Lipinski definition) is 3. The number of rotatable bonds is 3. The van der Waals surface area contributed by atoms with Crippen molar-refractivity contribution in [2.75, 3.05) is 14.1 Å². The van der Waals surface area contributed by atoms with Crippen LogP contribution in [0.2, 0.25) is 0 Å². The van der Waals surface area contributed by atoms with Gasteiger partial charge >= 0.3 is 0 Å². The van der Waals surface area contributed by atoms with Gasteiger partial charge in [-0.2, -0.15) is 0 Å². The number of imidazole rings is 1. The number of nitrogens with zero attached hydrogens (tertiary/aromatic N) is 2. The van der Waals surface area contributed by atoms with Crippen LogP contribution in [0, 0.1) is 0 Å². The molecule has 0 fully saturated rings. The van der Waals surface area contributed by atoms with E-state index in [1.54, 1.807) is 18.6 Å². The average Bonchev–Trinajstić information content (AvgIpc) is 2.73. The molecule has 0 aliphatic carbocycles. The highest BCUT2D eigenvalue weighted by Gasteiger charge is 2.06. The Morgan fingerprint density at radius 2 is 2.19 bits per heavy atom. The molecule has 4 heteroatoms. The Labute approximate surface area is 94.6 Å². The predicted octanol–water partition coefficient (Wildman–Crippen LogP) is 1.84. The number of phenolic OH excluding ortho intramolecular Hbond substituents is 1. The second-order valence-electron chi connectivity index (χ2n) is 4.05. The smallest absolute Gasteiger partial charge is 0.120 e. The maximum atomic E-state index is 9.73. The van der Waals surface area contributed by atoms with E-state index in [1.807, 2.05) is 31.1 Å². The molecule has 1 aromatic carbocycles. The number of aromatic hydroxyl groups is 1. The van der Waals surface area contributed by atoms with Crippen molar-refractivity contribution < 1.29 is 5.11 Å². The molecule has 84 valence electrons. The molecule has 16 heavy (non-hydrogen) atoms. The van der Waals surface area contributed by atoms with E-state index in [1.165, 1.54) is 0 Å². The number of nitrogens with one attached hydrogen (secondary N) is 1. The molecule has 0 saturated carbocycles. The predicted molar refractivity (Wildman–Crippen MR) is 63.1 cm³/mol. The van der Waals surface area contributed by atoms with E-state index in [9.17, 15) is 5.11 Å². The Bertz CT molecular complexity index is 463. The Balaban J connectivity index is 2.36. The zero-order valence-corrected chi connectivity index (χ0v) is 9.44. The summed E-state index contributed by atoms with van der Waals surface area (Å²) in [6.07, 6.45) is 3.42. The van der Waals surface area contributed by atoms with Gasteiger partial charge in [0.1, 0.15) is 5.75 Å². The maximum absolute atomic E-state index is 9.73. The Hall–Kier alpha value is -1.81. The first-order valence-corrected chi connectivity index (χ1v) is 5.12. The molecule has 0 saturated heterocycles. The number of hydrogen-bond donors (Lipinski definition) is 2. The second kappa shape index (κ2) is 4.37. The van der Waals surface area contributed by atoms with Gasteiger partial charge in [-0.25, -0.2) is 4.98 Å². The average molecular weight is 217 g/mol. The molecule has 0 unspecified atom stereocenters. The van der Waals surface area contributed by atoms with Crippen molar-refractivity contribution in [1.82, 2.24) is 14.9 Å². The number of phenols is 1. The van der Waals surface area contributed by atoms with E-state index in [-0.39, 0.29) is 0 Å². The zero-order valence-electron chi connectivity index (χ0n) is 9.44. The van der Waals surface area contributed by atoms with Crippen LogP contribution >= 0.6 is 0 Å². The highest BCUT2D eigenvalue weighted by molar-refractivity contribution is 5.61. The van der Waals surface area contributed by atoms with Crippen molar-refractivity contribution in [2.24, 2.45) is 0 Å². The summed E-state index contributed by atoms with van der Waals surface area (Å²) >= 11 is 0. The summed E-state index contributed by atoms with van der Waals surface area (Å²) in [7, 11) is 3.95. The van der Waals surface area contributed by atoms with Gasteiger partial charge in [-0.3, -0.25) is 0 Å². The van der Waals surface area contributed by atoms with Gasteiger partial charge in [-0.15, -0.1) is 0 Å². The quantitative estimate of drug-likeness (QED) is 0.824. The van der Waals surface area contributed by atoms with Crippen molar-refractivity contribution >= 4 is 0 Å². The fraction of sp³-hybridized carbons (Fsp3) is 0.250. The van der Waals surface area contributed by atoms with Gasteiger partial charge in [0.05, 0.1) is 18.2 Å². The van der Waals surface area contributed by atoms with Gasteiger partial charge in [0.25, 0.3) is 0 Å². The lowest BCUT2D eigenvalue weighted by molar-refractivity contribution is 0.386. The minimum Gasteiger partial charge on any atom is -0.508 e. The lowest BCUT2D eigenvalue weighted by Gasteiger charge is -2.12. The highest BCUT2D eigenvalue weighted by atomic mass is 16.3. The molecule has 1 heterocycles. The molecule has 0 radical (unpaired) electrons. The minimum atomic E-state index is 0.331. The van der Waals surface area contributed by atoms with E-state index in [0.29, 0.717) is 12.3 Å². The third-order valence-electron chi connectivity index (χ3n) is 2.38. The fourth-order valence-electron chi connectivity index (χ4n) is 1.63. The molecule has 2 rings (SSSR count). The van der Waals surface area contributed by atoms with Crippen LogP contribution < -0.4 is 0 Å². The molecule has 0 atom stereocenters. The van der Waals surface area contributed by atoms with Crippen LogP contribution in [-0.4, -0.2) is 34.1 Å². The normalized spacial score (nSPS) is 10.9. The molecule has 0 aliphatic rings. The first-order valence-electron chi connectivity index (χ1n) is 5.12. The maximum Gasteiger partial charge on any atom is 0.120 e. The number of aromatic amines is 1. The first-order chi connectivity index (χ1) is 7.66. The van der Waals surface area contributed by atoms with Crippen LogP contribution in [-0.2, 0) is 6.54 Å². The van der Waals surface area contributed by atoms with E-state index < -0.39 is 0 Å².